The van der Waals surface area contributed by atoms with E-state index in [1.54, 1.807) is 31.3 Å². The Bertz CT molecular complexity index is 624. The predicted molar refractivity (Wildman–Crippen MR) is 84.1 cm³/mol. The van der Waals surface area contributed by atoms with Gasteiger partial charge in [0.15, 0.2) is 0 Å². The molecule has 0 aliphatic carbocycles. The minimum Gasteiger partial charge on any atom is -0.465 e. The minimum absolute atomic E-state index is 0.0107. The van der Waals surface area contributed by atoms with Gasteiger partial charge in [0.2, 0.25) is 10.0 Å². The van der Waals surface area contributed by atoms with Crippen LogP contribution in [0.2, 0.25) is 0 Å². The van der Waals surface area contributed by atoms with Crippen molar-refractivity contribution in [3.05, 3.63) is 35.4 Å². The van der Waals surface area contributed by atoms with Crippen LogP contribution in [0.15, 0.2) is 24.3 Å². The quantitative estimate of drug-likeness (QED) is 0.817. The van der Waals surface area contributed by atoms with E-state index < -0.39 is 16.0 Å². The molecule has 7 heteroatoms. The number of hydrogen-bond donors (Lipinski definition) is 1. The number of hydrogen-bond acceptors (Lipinski definition) is 5. The fourth-order valence-electron chi connectivity index (χ4n) is 2.65. The number of rotatable bonds is 5. The summed E-state index contributed by atoms with van der Waals surface area (Å²) in [4.78, 5) is 11.8. The maximum Gasteiger partial charge on any atom is 0.338 e. The van der Waals surface area contributed by atoms with Gasteiger partial charge in [0, 0.05) is 13.1 Å². The number of benzene rings is 1. The van der Waals surface area contributed by atoms with Crippen LogP contribution in [-0.2, 0) is 20.5 Å². The van der Waals surface area contributed by atoms with Crippen molar-refractivity contribution in [2.24, 2.45) is 0 Å². The van der Waals surface area contributed by atoms with Crippen LogP contribution >= 0.6 is 0 Å². The summed E-state index contributed by atoms with van der Waals surface area (Å²) in [5, 5.41) is 3.22. The first-order valence-electron chi connectivity index (χ1n) is 7.28. The van der Waals surface area contributed by atoms with Crippen molar-refractivity contribution >= 4 is 16.0 Å². The molecule has 1 saturated heterocycles. The van der Waals surface area contributed by atoms with Crippen LogP contribution in [0.4, 0.5) is 0 Å². The Hall–Kier alpha value is -1.44. The second-order valence-electron chi connectivity index (χ2n) is 5.40. The lowest BCUT2D eigenvalue weighted by Crippen LogP contribution is -2.44. The summed E-state index contributed by atoms with van der Waals surface area (Å²) < 4.78 is 31.4. The van der Waals surface area contributed by atoms with E-state index in [9.17, 15) is 13.2 Å². The smallest absolute Gasteiger partial charge is 0.338 e. The summed E-state index contributed by atoms with van der Waals surface area (Å²) in [6.45, 7) is 1.65. The van der Waals surface area contributed by atoms with Gasteiger partial charge in [-0.3, -0.25) is 0 Å². The van der Waals surface area contributed by atoms with Gasteiger partial charge in [-0.2, -0.15) is 0 Å². The summed E-state index contributed by atoms with van der Waals surface area (Å²) in [5.74, 6) is -0.714. The molecule has 1 aliphatic rings. The van der Waals surface area contributed by atoms with E-state index in [1.807, 2.05) is 0 Å². The molecule has 0 unspecified atom stereocenters. The van der Waals surface area contributed by atoms with E-state index in [0.717, 1.165) is 25.9 Å². The number of sulfonamides is 1. The summed E-state index contributed by atoms with van der Waals surface area (Å²) in [6, 6.07) is 6.67. The van der Waals surface area contributed by atoms with E-state index in [0.29, 0.717) is 11.1 Å². The van der Waals surface area contributed by atoms with E-state index in [2.05, 4.69) is 5.32 Å². The van der Waals surface area contributed by atoms with E-state index >= 15 is 0 Å². The minimum atomic E-state index is -3.48. The molecule has 1 fully saturated rings. The lowest BCUT2D eigenvalue weighted by Gasteiger charge is -2.31. The second-order valence-corrected chi connectivity index (χ2v) is 7.43. The molecule has 1 N–H and O–H groups in total. The van der Waals surface area contributed by atoms with Gasteiger partial charge in [-0.05, 0) is 37.6 Å². The molecule has 22 heavy (non-hydrogen) atoms. The monoisotopic (exact) mass is 326 g/mol. The maximum absolute atomic E-state index is 12.6. The van der Waals surface area contributed by atoms with Gasteiger partial charge < -0.3 is 10.1 Å². The zero-order valence-corrected chi connectivity index (χ0v) is 13.7. The molecule has 0 amide bonds. The first kappa shape index (κ1) is 16.9. The third-order valence-electron chi connectivity index (χ3n) is 4.02. The molecule has 1 aromatic rings. The van der Waals surface area contributed by atoms with Gasteiger partial charge in [0.1, 0.15) is 0 Å². The summed E-state index contributed by atoms with van der Waals surface area (Å²) in [6.07, 6.45) is 1.60. The number of methoxy groups -OCH3 is 1. The summed E-state index contributed by atoms with van der Waals surface area (Å²) >= 11 is 0. The topological polar surface area (TPSA) is 75.7 Å². The van der Waals surface area contributed by atoms with Crippen molar-refractivity contribution in [2.75, 3.05) is 27.2 Å². The number of carbonyl (C=O) groups excluding carboxylic acids is 1. The van der Waals surface area contributed by atoms with Gasteiger partial charge >= 0.3 is 5.97 Å². The highest BCUT2D eigenvalue weighted by atomic mass is 32.2. The van der Waals surface area contributed by atoms with Crippen molar-refractivity contribution in [1.82, 2.24) is 9.62 Å². The van der Waals surface area contributed by atoms with Crippen LogP contribution in [0, 0.1) is 0 Å². The molecule has 6 nitrogen and oxygen atoms in total. The molecule has 1 aliphatic heterocycles. The first-order chi connectivity index (χ1) is 10.5. The number of nitrogens with zero attached hydrogens (tertiary/aromatic N) is 1. The molecule has 1 heterocycles. The highest BCUT2D eigenvalue weighted by Crippen LogP contribution is 2.20. The van der Waals surface area contributed by atoms with Crippen molar-refractivity contribution in [2.45, 2.75) is 24.6 Å². The van der Waals surface area contributed by atoms with Crippen molar-refractivity contribution < 1.29 is 17.9 Å². The number of piperidine rings is 1. The molecule has 0 aromatic heterocycles. The zero-order chi connectivity index (χ0) is 16.2. The Balaban J connectivity index is 2.20. The molecule has 0 radical (unpaired) electrons. The fourth-order valence-corrected chi connectivity index (χ4v) is 4.16. The van der Waals surface area contributed by atoms with E-state index in [1.165, 1.54) is 11.4 Å². The maximum atomic E-state index is 12.6. The second kappa shape index (κ2) is 7.21. The molecule has 1 aromatic carbocycles. The highest BCUT2D eigenvalue weighted by Gasteiger charge is 2.28. The van der Waals surface area contributed by atoms with E-state index in [4.69, 9.17) is 4.74 Å². The molecule has 2 rings (SSSR count). The number of nitrogens with one attached hydrogen (secondary N) is 1. The third-order valence-corrected chi connectivity index (χ3v) is 5.87. The van der Waals surface area contributed by atoms with E-state index in [-0.39, 0.29) is 11.8 Å². The zero-order valence-electron chi connectivity index (χ0n) is 12.9. The van der Waals surface area contributed by atoms with Crippen molar-refractivity contribution in [1.29, 1.82) is 0 Å². The van der Waals surface area contributed by atoms with Crippen LogP contribution in [0.25, 0.3) is 0 Å². The first-order valence-corrected chi connectivity index (χ1v) is 8.89. The third kappa shape index (κ3) is 3.85. The lowest BCUT2D eigenvalue weighted by molar-refractivity contribution is 0.0600. The fraction of sp³-hybridized carbons (Fsp3) is 0.533. The number of ether oxygens (including phenoxy) is 1. The predicted octanol–water partition coefficient (Wildman–Crippen LogP) is 0.987. The molecule has 0 spiro atoms. The van der Waals surface area contributed by atoms with Crippen molar-refractivity contribution in [3.8, 4) is 0 Å². The van der Waals surface area contributed by atoms with Gasteiger partial charge in [-0.25, -0.2) is 17.5 Å². The number of carbonyl (C=O) groups is 1. The Morgan fingerprint density at radius 1 is 1.32 bits per heavy atom. The largest absolute Gasteiger partial charge is 0.465 e. The van der Waals surface area contributed by atoms with Gasteiger partial charge in [-0.1, -0.05) is 18.2 Å². The normalized spacial score (nSPS) is 16.7. The van der Waals surface area contributed by atoms with Gasteiger partial charge in [-0.15, -0.1) is 0 Å². The van der Waals surface area contributed by atoms with Gasteiger partial charge in [0.25, 0.3) is 0 Å². The number of esters is 1. The lowest BCUT2D eigenvalue weighted by atomic mass is 10.1. The van der Waals surface area contributed by atoms with Crippen LogP contribution in [0.1, 0.15) is 28.8 Å². The van der Waals surface area contributed by atoms with Gasteiger partial charge in [0.05, 0.1) is 18.4 Å². The summed E-state index contributed by atoms with van der Waals surface area (Å²) in [7, 11) is -0.576. The molecule has 0 atom stereocenters. The Morgan fingerprint density at radius 2 is 1.95 bits per heavy atom. The average molecular weight is 326 g/mol. The van der Waals surface area contributed by atoms with Crippen molar-refractivity contribution in [3.63, 3.8) is 0 Å². The molecule has 122 valence electrons. The highest BCUT2D eigenvalue weighted by molar-refractivity contribution is 7.88. The van der Waals surface area contributed by atoms with Crippen LogP contribution in [0.5, 0.6) is 0 Å². The Morgan fingerprint density at radius 3 is 2.59 bits per heavy atom. The average Bonchev–Trinajstić information content (AvgIpc) is 2.54. The van der Waals surface area contributed by atoms with Crippen LogP contribution in [0.3, 0.4) is 0 Å². The standard InChI is InChI=1S/C15H22N2O4S/c1-17(13-7-9-16-10-8-13)22(19,20)11-12-5-3-4-6-14(12)15(18)21-2/h3-6,13,16H,7-11H2,1-2H3. The molecule has 0 bridgehead atoms. The molecular formula is C15H22N2O4S. The van der Waals surface area contributed by atoms with Crippen LogP contribution in [-0.4, -0.2) is 52.0 Å². The molecule has 0 saturated carbocycles. The molecular weight excluding hydrogens is 304 g/mol. The van der Waals surface area contributed by atoms with Crippen LogP contribution < -0.4 is 5.32 Å². The summed E-state index contributed by atoms with van der Waals surface area (Å²) in [5.41, 5.74) is 0.766. The Labute approximate surface area is 131 Å². The SMILES string of the molecule is COC(=O)c1ccccc1CS(=O)(=O)N(C)C1CCNCC1. The Kier molecular flexibility index (Phi) is 5.55.